The van der Waals surface area contributed by atoms with Crippen molar-refractivity contribution >= 4 is 17.9 Å². The zero-order valence-corrected chi connectivity index (χ0v) is 19.0. The van der Waals surface area contributed by atoms with Gasteiger partial charge in [-0.2, -0.15) is 0 Å². The molecule has 0 aliphatic heterocycles. The molecule has 0 radical (unpaired) electrons. The maximum Gasteiger partial charge on any atom is 0.333 e. The summed E-state index contributed by atoms with van der Waals surface area (Å²) >= 11 is 0. The minimum Gasteiger partial charge on any atom is -0.478 e. The Morgan fingerprint density at radius 1 is 0.700 bits per heavy atom. The molecular formula is C24H42O6. The molecule has 0 heterocycles. The molecule has 30 heavy (non-hydrogen) atoms. The molecule has 0 rings (SSSR count). The number of carbonyl (C=O) groups is 3. The lowest BCUT2D eigenvalue weighted by atomic mass is 10.0. The quantitative estimate of drug-likeness (QED) is 0.151. The Morgan fingerprint density at radius 3 is 1.33 bits per heavy atom. The first kappa shape index (κ1) is 30.1. The van der Waals surface area contributed by atoms with Gasteiger partial charge >= 0.3 is 17.9 Å². The van der Waals surface area contributed by atoms with Crippen LogP contribution in [0.3, 0.4) is 0 Å². The Morgan fingerprint density at radius 2 is 1.03 bits per heavy atom. The molecule has 0 aromatic carbocycles. The molecule has 0 amide bonds. The molecule has 0 bridgehead atoms. The molecule has 174 valence electrons. The Bertz CT molecular complexity index is 480. The van der Waals surface area contributed by atoms with Gasteiger partial charge in [-0.25, -0.2) is 14.4 Å². The molecule has 6 nitrogen and oxygen atoms in total. The first-order valence-corrected chi connectivity index (χ1v) is 11.3. The fraction of sp³-hybridized carbons (Fsp3) is 0.708. The van der Waals surface area contributed by atoms with E-state index in [4.69, 9.17) is 14.9 Å². The van der Waals surface area contributed by atoms with Gasteiger partial charge in [0, 0.05) is 17.7 Å². The van der Waals surface area contributed by atoms with Gasteiger partial charge in [0.2, 0.25) is 0 Å². The molecule has 0 atom stereocenters. The first-order chi connectivity index (χ1) is 14.3. The zero-order valence-electron chi connectivity index (χ0n) is 19.0. The van der Waals surface area contributed by atoms with Gasteiger partial charge in [0.1, 0.15) is 0 Å². The van der Waals surface area contributed by atoms with E-state index in [2.05, 4.69) is 13.5 Å². The number of hydrogen-bond donors (Lipinski definition) is 2. The molecule has 0 aliphatic rings. The van der Waals surface area contributed by atoms with Gasteiger partial charge in [0.15, 0.2) is 0 Å². The third-order valence-electron chi connectivity index (χ3n) is 4.45. The number of unbranched alkanes of at least 4 members (excludes halogenated alkanes) is 13. The molecule has 0 aromatic rings. The molecule has 0 saturated carbocycles. The normalized spacial score (nSPS) is 10.3. The maximum absolute atomic E-state index is 11.2. The van der Waals surface area contributed by atoms with Crippen LogP contribution in [0.4, 0.5) is 0 Å². The van der Waals surface area contributed by atoms with Gasteiger partial charge in [-0.3, -0.25) is 0 Å². The van der Waals surface area contributed by atoms with Gasteiger partial charge < -0.3 is 14.9 Å². The molecular weight excluding hydrogens is 384 g/mol. The van der Waals surface area contributed by atoms with Crippen LogP contribution < -0.4 is 0 Å². The third kappa shape index (κ3) is 28.1. The lowest BCUT2D eigenvalue weighted by Crippen LogP contribution is -2.05. The molecule has 0 spiro atoms. The third-order valence-corrected chi connectivity index (χ3v) is 4.45. The fourth-order valence-electron chi connectivity index (χ4n) is 2.73. The summed E-state index contributed by atoms with van der Waals surface area (Å²) < 4.78 is 5.07. The summed E-state index contributed by atoms with van der Waals surface area (Å²) in [5.41, 5.74) is 0.491. The average Bonchev–Trinajstić information content (AvgIpc) is 2.69. The molecule has 6 heteroatoms. The van der Waals surface area contributed by atoms with E-state index < -0.39 is 11.9 Å². The zero-order chi connectivity index (χ0) is 23.0. The minimum atomic E-state index is -1.26. The van der Waals surface area contributed by atoms with E-state index in [1.807, 2.05) is 0 Å². The maximum atomic E-state index is 11.2. The van der Waals surface area contributed by atoms with Crippen LogP contribution in [0.1, 0.15) is 104 Å². The van der Waals surface area contributed by atoms with E-state index >= 15 is 0 Å². The summed E-state index contributed by atoms with van der Waals surface area (Å²) in [5, 5.41) is 15.6. The highest BCUT2D eigenvalue weighted by molar-refractivity contribution is 5.89. The average molecular weight is 427 g/mol. The Balaban J connectivity index is 0. The highest BCUT2D eigenvalue weighted by Crippen LogP contribution is 2.13. The number of carboxylic acids is 2. The number of aliphatic carboxylic acids is 2. The monoisotopic (exact) mass is 426 g/mol. The van der Waals surface area contributed by atoms with Crippen molar-refractivity contribution in [3.8, 4) is 0 Å². The summed E-state index contributed by atoms with van der Waals surface area (Å²) in [6, 6.07) is 0. The van der Waals surface area contributed by atoms with Gasteiger partial charge in [-0.05, 0) is 13.3 Å². The summed E-state index contributed by atoms with van der Waals surface area (Å²) in [7, 11) is 0. The van der Waals surface area contributed by atoms with Gasteiger partial charge in [-0.15, -0.1) is 0 Å². The first-order valence-electron chi connectivity index (χ1n) is 11.3. The lowest BCUT2D eigenvalue weighted by molar-refractivity contribution is -0.139. The molecule has 0 unspecified atom stereocenters. The second-order valence-electron chi connectivity index (χ2n) is 7.52. The SMILES string of the molecule is C=C(C)C(=O)OCCCCCCCCCCCCCCCC.O=C(O)/C=C/C(=O)O. The fourth-order valence-corrected chi connectivity index (χ4v) is 2.73. The van der Waals surface area contributed by atoms with E-state index in [0.29, 0.717) is 24.3 Å². The van der Waals surface area contributed by atoms with Crippen molar-refractivity contribution in [2.75, 3.05) is 6.61 Å². The standard InChI is InChI=1S/C20H38O2.C4H4O4/c1-4-5-6-7-8-9-10-11-12-13-14-15-16-17-18-22-20(21)19(2)3;5-3(6)1-2-4(7)8/h2,4-18H2,1,3H3;1-2H,(H,5,6)(H,7,8)/b;2-1+. The number of ether oxygens (including phenoxy) is 1. The van der Waals surface area contributed by atoms with Gasteiger partial charge in [0.25, 0.3) is 0 Å². The van der Waals surface area contributed by atoms with Crippen LogP contribution in [-0.4, -0.2) is 34.7 Å². The lowest BCUT2D eigenvalue weighted by Gasteiger charge is -2.04. The largest absolute Gasteiger partial charge is 0.478 e. The van der Waals surface area contributed by atoms with Crippen molar-refractivity contribution in [1.82, 2.24) is 0 Å². The van der Waals surface area contributed by atoms with E-state index in [1.165, 1.54) is 83.5 Å². The second-order valence-corrected chi connectivity index (χ2v) is 7.52. The van der Waals surface area contributed by atoms with Crippen LogP contribution in [0.2, 0.25) is 0 Å². The summed E-state index contributed by atoms with van der Waals surface area (Å²) in [5.74, 6) is -2.77. The van der Waals surface area contributed by atoms with Crippen molar-refractivity contribution < 1.29 is 29.3 Å². The van der Waals surface area contributed by atoms with E-state index in [-0.39, 0.29) is 5.97 Å². The van der Waals surface area contributed by atoms with Crippen molar-refractivity contribution in [2.45, 2.75) is 104 Å². The minimum absolute atomic E-state index is 0.255. The van der Waals surface area contributed by atoms with Gasteiger partial charge in [-0.1, -0.05) is 97.0 Å². The number of carboxylic acid groups (broad SMARTS) is 2. The molecule has 0 saturated heterocycles. The van der Waals surface area contributed by atoms with Crippen LogP contribution in [0.5, 0.6) is 0 Å². The molecule has 0 aliphatic carbocycles. The Hall–Kier alpha value is -2.11. The number of hydrogen-bond acceptors (Lipinski definition) is 4. The Kier molecular flexibility index (Phi) is 23.2. The summed E-state index contributed by atoms with van der Waals surface area (Å²) in [6.07, 6.45) is 19.9. The second kappa shape index (κ2) is 23.2. The number of esters is 1. The highest BCUT2D eigenvalue weighted by atomic mass is 16.5. The topological polar surface area (TPSA) is 101 Å². The predicted octanol–water partition coefficient (Wildman–Crippen LogP) is 6.30. The summed E-state index contributed by atoms with van der Waals surface area (Å²) in [4.78, 5) is 30.3. The van der Waals surface area contributed by atoms with E-state index in [1.54, 1.807) is 6.92 Å². The molecule has 0 aromatic heterocycles. The number of rotatable bonds is 18. The van der Waals surface area contributed by atoms with E-state index in [0.717, 1.165) is 6.42 Å². The van der Waals surface area contributed by atoms with Crippen LogP contribution >= 0.6 is 0 Å². The Labute approximate surface area is 182 Å². The van der Waals surface area contributed by atoms with Crippen molar-refractivity contribution in [2.24, 2.45) is 0 Å². The van der Waals surface area contributed by atoms with E-state index in [9.17, 15) is 14.4 Å². The van der Waals surface area contributed by atoms with Crippen molar-refractivity contribution in [3.63, 3.8) is 0 Å². The molecule has 0 fully saturated rings. The highest BCUT2D eigenvalue weighted by Gasteiger charge is 2.01. The number of carbonyl (C=O) groups excluding carboxylic acids is 1. The van der Waals surface area contributed by atoms with Gasteiger partial charge in [0.05, 0.1) is 6.61 Å². The summed E-state index contributed by atoms with van der Waals surface area (Å²) in [6.45, 7) is 8.07. The van der Waals surface area contributed by atoms with Crippen LogP contribution in [0.25, 0.3) is 0 Å². The van der Waals surface area contributed by atoms with Crippen molar-refractivity contribution in [1.29, 1.82) is 0 Å². The van der Waals surface area contributed by atoms with Crippen LogP contribution in [0, 0.1) is 0 Å². The smallest absolute Gasteiger partial charge is 0.333 e. The predicted molar refractivity (Wildman–Crippen MR) is 120 cm³/mol. The van der Waals surface area contributed by atoms with Crippen molar-refractivity contribution in [3.05, 3.63) is 24.3 Å². The van der Waals surface area contributed by atoms with Crippen LogP contribution in [-0.2, 0) is 19.1 Å². The molecule has 2 N–H and O–H groups in total. The van der Waals surface area contributed by atoms with Crippen LogP contribution in [0.15, 0.2) is 24.3 Å².